The lowest BCUT2D eigenvalue weighted by molar-refractivity contribution is 0.0937. The molecule has 1 N–H and O–H groups in total. The molecule has 0 radical (unpaired) electrons. The average molecular weight is 482 g/mol. The molecule has 2 aromatic carbocycles. The first kappa shape index (κ1) is 23.2. The lowest BCUT2D eigenvalue weighted by Gasteiger charge is -2.16. The molecule has 0 aliphatic carbocycles. The predicted octanol–water partition coefficient (Wildman–Crippen LogP) is 3.93. The molecule has 0 saturated heterocycles. The number of nitrogens with zero attached hydrogens (tertiary/aromatic N) is 4. The first-order valence-corrected chi connectivity index (χ1v) is 10.7. The zero-order valence-electron chi connectivity index (χ0n) is 18.6. The van der Waals surface area contributed by atoms with Crippen molar-refractivity contribution in [1.82, 2.24) is 24.9 Å². The summed E-state index contributed by atoms with van der Waals surface area (Å²) < 4.78 is 21.7. The molecular formula is C24H21ClFN5O3. The number of nitrogens with one attached hydrogen (secondary N) is 1. The number of aromatic nitrogens is 4. The summed E-state index contributed by atoms with van der Waals surface area (Å²) in [7, 11) is 3.08. The van der Waals surface area contributed by atoms with Gasteiger partial charge in [-0.2, -0.15) is 14.9 Å². The SMILES string of the molecule is COc1ccc([C@H](C)NC(=O)c2cc(-c3ccc(Cl)cc3)nn(-c3cnn(C)c3)c2=O)cc1F. The van der Waals surface area contributed by atoms with Gasteiger partial charge in [0.25, 0.3) is 11.5 Å². The predicted molar refractivity (Wildman–Crippen MR) is 126 cm³/mol. The third-order valence-electron chi connectivity index (χ3n) is 5.26. The molecule has 2 heterocycles. The van der Waals surface area contributed by atoms with Gasteiger partial charge in [-0.3, -0.25) is 14.3 Å². The molecule has 8 nitrogen and oxygen atoms in total. The number of halogens is 2. The van der Waals surface area contributed by atoms with Crippen LogP contribution in [0.2, 0.25) is 5.02 Å². The lowest BCUT2D eigenvalue weighted by atomic mass is 10.1. The van der Waals surface area contributed by atoms with E-state index < -0.39 is 23.3 Å². The fourth-order valence-corrected chi connectivity index (χ4v) is 3.55. The number of amides is 1. The Bertz CT molecular complexity index is 1420. The Hall–Kier alpha value is -3.98. The standard InChI is InChI=1S/C24H21ClFN5O3/c1-14(16-6-9-22(34-3)20(26)10-16)28-23(32)19-11-21(15-4-7-17(25)8-5-15)29-31(24(19)33)18-12-27-30(2)13-18/h4-14H,1-3H3,(H,28,32)/t14-/m0/s1. The van der Waals surface area contributed by atoms with Crippen LogP contribution in [0.3, 0.4) is 0 Å². The second kappa shape index (κ2) is 9.48. The van der Waals surface area contributed by atoms with E-state index >= 15 is 0 Å². The van der Waals surface area contributed by atoms with Gasteiger partial charge >= 0.3 is 0 Å². The average Bonchev–Trinajstić information content (AvgIpc) is 3.25. The highest BCUT2D eigenvalue weighted by molar-refractivity contribution is 6.30. The van der Waals surface area contributed by atoms with Crippen molar-refractivity contribution in [3.63, 3.8) is 0 Å². The van der Waals surface area contributed by atoms with Gasteiger partial charge in [-0.15, -0.1) is 0 Å². The van der Waals surface area contributed by atoms with E-state index in [0.29, 0.717) is 27.5 Å². The summed E-state index contributed by atoms with van der Waals surface area (Å²) in [6.07, 6.45) is 3.09. The zero-order valence-corrected chi connectivity index (χ0v) is 19.4. The molecule has 0 aliphatic heterocycles. The molecule has 174 valence electrons. The van der Waals surface area contributed by atoms with Gasteiger partial charge in [-0.05, 0) is 42.8 Å². The number of methoxy groups -OCH3 is 1. The van der Waals surface area contributed by atoms with Crippen molar-refractivity contribution in [2.45, 2.75) is 13.0 Å². The van der Waals surface area contributed by atoms with Crippen LogP contribution in [0, 0.1) is 5.82 Å². The Balaban J connectivity index is 1.74. The highest BCUT2D eigenvalue weighted by atomic mass is 35.5. The molecule has 4 aromatic rings. The molecular weight excluding hydrogens is 461 g/mol. The lowest BCUT2D eigenvalue weighted by Crippen LogP contribution is -2.35. The quantitative estimate of drug-likeness (QED) is 0.450. The minimum atomic E-state index is -0.621. The summed E-state index contributed by atoms with van der Waals surface area (Å²) in [5, 5.41) is 11.8. The molecule has 0 fully saturated rings. The Labute approximate surface area is 199 Å². The summed E-state index contributed by atoms with van der Waals surface area (Å²) >= 11 is 6.00. The highest BCUT2D eigenvalue weighted by Crippen LogP contribution is 2.23. The van der Waals surface area contributed by atoms with Crippen molar-refractivity contribution in [3.8, 4) is 22.7 Å². The third-order valence-corrected chi connectivity index (χ3v) is 5.51. The second-order valence-electron chi connectivity index (χ2n) is 7.63. The van der Waals surface area contributed by atoms with Gasteiger partial charge in [0, 0.05) is 17.6 Å². The zero-order chi connectivity index (χ0) is 24.4. The largest absolute Gasteiger partial charge is 0.494 e. The maximum Gasteiger partial charge on any atom is 0.284 e. The van der Waals surface area contributed by atoms with Gasteiger partial charge in [0.15, 0.2) is 11.6 Å². The maximum absolute atomic E-state index is 14.1. The molecule has 34 heavy (non-hydrogen) atoms. The number of hydrogen-bond donors (Lipinski definition) is 1. The summed E-state index contributed by atoms with van der Waals surface area (Å²) in [5.74, 6) is -1.07. The molecule has 1 atom stereocenters. The fraction of sp³-hybridized carbons (Fsp3) is 0.167. The molecule has 10 heteroatoms. The van der Waals surface area contributed by atoms with Crippen molar-refractivity contribution in [3.05, 3.63) is 93.2 Å². The minimum absolute atomic E-state index is 0.100. The Morgan fingerprint density at radius 3 is 2.53 bits per heavy atom. The normalized spacial score (nSPS) is 11.8. The van der Waals surface area contributed by atoms with E-state index in [0.717, 1.165) is 4.68 Å². The van der Waals surface area contributed by atoms with Gasteiger partial charge in [0.05, 0.1) is 31.2 Å². The van der Waals surface area contributed by atoms with E-state index in [2.05, 4.69) is 15.5 Å². The maximum atomic E-state index is 14.1. The van der Waals surface area contributed by atoms with E-state index in [1.54, 1.807) is 50.5 Å². The molecule has 0 aliphatic rings. The van der Waals surface area contributed by atoms with Crippen LogP contribution >= 0.6 is 11.6 Å². The van der Waals surface area contributed by atoms with Crippen LogP contribution in [0.1, 0.15) is 28.9 Å². The molecule has 0 bridgehead atoms. The van der Waals surface area contributed by atoms with Crippen molar-refractivity contribution in [1.29, 1.82) is 0 Å². The number of carbonyl (C=O) groups excluding carboxylic acids is 1. The molecule has 0 unspecified atom stereocenters. The van der Waals surface area contributed by atoms with E-state index in [4.69, 9.17) is 16.3 Å². The molecule has 4 rings (SSSR count). The Morgan fingerprint density at radius 2 is 1.91 bits per heavy atom. The summed E-state index contributed by atoms with van der Waals surface area (Å²) in [6, 6.07) is 12.1. The van der Waals surface area contributed by atoms with E-state index in [1.165, 1.54) is 36.2 Å². The second-order valence-corrected chi connectivity index (χ2v) is 8.06. The number of rotatable bonds is 6. The number of benzene rings is 2. The van der Waals surface area contributed by atoms with Crippen LogP contribution in [-0.4, -0.2) is 32.6 Å². The van der Waals surface area contributed by atoms with Gasteiger partial charge in [0.1, 0.15) is 11.3 Å². The van der Waals surface area contributed by atoms with Crippen molar-refractivity contribution in [2.75, 3.05) is 7.11 Å². The minimum Gasteiger partial charge on any atom is -0.494 e. The molecule has 2 aromatic heterocycles. The van der Waals surface area contributed by atoms with Crippen LogP contribution in [0.15, 0.2) is 65.7 Å². The number of ether oxygens (including phenoxy) is 1. The van der Waals surface area contributed by atoms with Crippen LogP contribution < -0.4 is 15.6 Å². The number of hydrogen-bond acceptors (Lipinski definition) is 5. The summed E-state index contributed by atoms with van der Waals surface area (Å²) in [5.41, 5.74) is 1.25. The molecule has 1 amide bonds. The van der Waals surface area contributed by atoms with E-state index in [1.807, 2.05) is 0 Å². The smallest absolute Gasteiger partial charge is 0.284 e. The van der Waals surface area contributed by atoms with Crippen LogP contribution in [0.4, 0.5) is 4.39 Å². The van der Waals surface area contributed by atoms with E-state index in [9.17, 15) is 14.0 Å². The van der Waals surface area contributed by atoms with Gasteiger partial charge in [-0.25, -0.2) is 4.39 Å². The number of aryl methyl sites for hydroxylation is 1. The molecule has 0 saturated carbocycles. The Kier molecular flexibility index (Phi) is 6.47. The first-order valence-electron chi connectivity index (χ1n) is 10.3. The van der Waals surface area contributed by atoms with Crippen LogP contribution in [0.5, 0.6) is 5.75 Å². The summed E-state index contributed by atoms with van der Waals surface area (Å²) in [4.78, 5) is 26.4. The van der Waals surface area contributed by atoms with Crippen molar-refractivity contribution >= 4 is 17.5 Å². The number of carbonyl (C=O) groups is 1. The van der Waals surface area contributed by atoms with Gasteiger partial charge in [-0.1, -0.05) is 29.8 Å². The summed E-state index contributed by atoms with van der Waals surface area (Å²) in [6.45, 7) is 1.69. The highest BCUT2D eigenvalue weighted by Gasteiger charge is 2.20. The third kappa shape index (κ3) is 4.69. The van der Waals surface area contributed by atoms with Gasteiger partial charge < -0.3 is 10.1 Å². The van der Waals surface area contributed by atoms with Crippen LogP contribution in [-0.2, 0) is 7.05 Å². The fourth-order valence-electron chi connectivity index (χ4n) is 3.42. The first-order chi connectivity index (χ1) is 16.3. The van der Waals surface area contributed by atoms with Gasteiger partial charge in [0.2, 0.25) is 0 Å². The van der Waals surface area contributed by atoms with Crippen LogP contribution in [0.25, 0.3) is 16.9 Å². The topological polar surface area (TPSA) is 91.0 Å². The monoisotopic (exact) mass is 481 g/mol. The van der Waals surface area contributed by atoms with Crippen molar-refractivity contribution in [2.24, 2.45) is 7.05 Å². The van der Waals surface area contributed by atoms with Crippen molar-refractivity contribution < 1.29 is 13.9 Å². The molecule has 0 spiro atoms. The van der Waals surface area contributed by atoms with E-state index in [-0.39, 0.29) is 11.3 Å². The Morgan fingerprint density at radius 1 is 1.18 bits per heavy atom.